The van der Waals surface area contributed by atoms with E-state index < -0.39 is 5.25 Å². The number of thioether (sulfide) groups is 2. The molecule has 0 N–H and O–H groups in total. The van der Waals surface area contributed by atoms with E-state index >= 15 is 0 Å². The van der Waals surface area contributed by atoms with Crippen molar-refractivity contribution >= 4 is 29.5 Å². The molecule has 0 bridgehead atoms. The zero-order valence-electron chi connectivity index (χ0n) is 16.9. The molecule has 0 saturated carbocycles. The fourth-order valence-corrected chi connectivity index (χ4v) is 5.49. The molecule has 3 rings (SSSR count). The minimum absolute atomic E-state index is 0.0504. The van der Waals surface area contributed by atoms with E-state index in [0.717, 1.165) is 33.8 Å². The third-order valence-electron chi connectivity index (χ3n) is 4.51. The van der Waals surface area contributed by atoms with E-state index in [9.17, 15) is 9.59 Å². The van der Waals surface area contributed by atoms with E-state index in [-0.39, 0.29) is 11.5 Å². The van der Waals surface area contributed by atoms with Gasteiger partial charge < -0.3 is 4.74 Å². The Morgan fingerprint density at radius 3 is 2.61 bits per heavy atom. The fourth-order valence-electron chi connectivity index (χ4n) is 3.35. The highest BCUT2D eigenvalue weighted by atomic mass is 32.2. The van der Waals surface area contributed by atoms with Crippen molar-refractivity contribution in [2.24, 2.45) is 0 Å². The third kappa shape index (κ3) is 4.30. The predicted molar refractivity (Wildman–Crippen MR) is 115 cm³/mol. The van der Waals surface area contributed by atoms with Crippen molar-refractivity contribution in [3.05, 3.63) is 45.4 Å². The molecule has 0 saturated heterocycles. The Morgan fingerprint density at radius 1 is 1.32 bits per heavy atom. The average Bonchev–Trinajstić information content (AvgIpc) is 2.99. The molecule has 2 aromatic rings. The summed E-state index contributed by atoms with van der Waals surface area (Å²) in [4.78, 5) is 31.3. The van der Waals surface area contributed by atoms with Crippen LogP contribution >= 0.6 is 23.5 Å². The van der Waals surface area contributed by atoms with Crippen LogP contribution in [-0.2, 0) is 16.0 Å². The lowest BCUT2D eigenvalue weighted by Gasteiger charge is -2.18. The van der Waals surface area contributed by atoms with Crippen molar-refractivity contribution in [2.75, 3.05) is 6.61 Å². The summed E-state index contributed by atoms with van der Waals surface area (Å²) in [6.07, 6.45) is 1.38. The van der Waals surface area contributed by atoms with Gasteiger partial charge in [0.05, 0.1) is 22.9 Å². The number of rotatable bonds is 6. The summed E-state index contributed by atoms with van der Waals surface area (Å²) in [7, 11) is 0. The minimum Gasteiger partial charge on any atom is -0.465 e. The molecule has 1 aromatic heterocycles. The predicted octanol–water partition coefficient (Wildman–Crippen LogP) is 4.32. The number of hydrogen-bond acceptors (Lipinski definition) is 6. The summed E-state index contributed by atoms with van der Waals surface area (Å²) in [5, 5.41) is 0.493. The number of aromatic nitrogens is 2. The van der Waals surface area contributed by atoms with Crippen LogP contribution in [0.2, 0.25) is 0 Å². The molecule has 0 aliphatic carbocycles. The van der Waals surface area contributed by atoms with Crippen molar-refractivity contribution in [1.82, 2.24) is 9.55 Å². The smallest absolute Gasteiger partial charge is 0.319 e. The molecule has 1 aliphatic heterocycles. The Hall–Kier alpha value is -1.73. The SMILES string of the molecule is CCOC(=O)[C@@H](CC)Sc1nc2c(c(=O)n1-c1cc(C)cc(C)c1)S[C@H](C)C2. The van der Waals surface area contributed by atoms with Gasteiger partial charge in [0.1, 0.15) is 5.25 Å². The number of fused-ring (bicyclic) bond motifs is 1. The van der Waals surface area contributed by atoms with Gasteiger partial charge in [0.25, 0.3) is 5.56 Å². The normalized spacial score (nSPS) is 16.7. The third-order valence-corrected chi connectivity index (χ3v) is 7.02. The molecule has 0 fully saturated rings. The Bertz CT molecular complexity index is 935. The molecule has 1 aliphatic rings. The first-order chi connectivity index (χ1) is 13.3. The molecule has 1 aromatic carbocycles. The first-order valence-corrected chi connectivity index (χ1v) is 11.3. The van der Waals surface area contributed by atoms with Crippen LogP contribution in [0.4, 0.5) is 0 Å². The highest BCUT2D eigenvalue weighted by molar-refractivity contribution is 8.00. The van der Waals surface area contributed by atoms with Gasteiger partial charge in [0.2, 0.25) is 0 Å². The van der Waals surface area contributed by atoms with Gasteiger partial charge in [-0.15, -0.1) is 11.8 Å². The Morgan fingerprint density at radius 2 is 2.00 bits per heavy atom. The standard InChI is InChI=1S/C21H26N2O3S2/c1-6-17(20(25)26-7-2)28-21-22-16-11-14(5)27-18(16)19(24)23(21)15-9-12(3)8-13(4)10-15/h8-10,14,17H,6-7,11H2,1-5H3/t14-,17-/m1/s1. The van der Waals surface area contributed by atoms with E-state index in [2.05, 4.69) is 13.0 Å². The van der Waals surface area contributed by atoms with Crippen LogP contribution in [0.5, 0.6) is 0 Å². The maximum absolute atomic E-state index is 13.4. The summed E-state index contributed by atoms with van der Waals surface area (Å²) in [6, 6.07) is 6.05. The minimum atomic E-state index is -0.395. The Balaban J connectivity index is 2.15. The molecule has 5 nitrogen and oxygen atoms in total. The zero-order chi connectivity index (χ0) is 20.4. The first-order valence-electron chi connectivity index (χ1n) is 9.58. The summed E-state index contributed by atoms with van der Waals surface area (Å²) >= 11 is 2.91. The average molecular weight is 419 g/mol. The van der Waals surface area contributed by atoms with Crippen LogP contribution in [0.1, 0.15) is 44.0 Å². The molecule has 2 atom stereocenters. The van der Waals surface area contributed by atoms with Crippen LogP contribution in [0.25, 0.3) is 5.69 Å². The Labute approximate surface area is 174 Å². The highest BCUT2D eigenvalue weighted by Crippen LogP contribution is 2.36. The van der Waals surface area contributed by atoms with Gasteiger partial charge in [0, 0.05) is 11.7 Å². The fraction of sp³-hybridized carbons (Fsp3) is 0.476. The second kappa shape index (κ2) is 8.74. The van der Waals surface area contributed by atoms with Gasteiger partial charge >= 0.3 is 5.97 Å². The van der Waals surface area contributed by atoms with Gasteiger partial charge in [-0.1, -0.05) is 31.7 Å². The van der Waals surface area contributed by atoms with Gasteiger partial charge in [-0.2, -0.15) is 0 Å². The number of ether oxygens (including phenoxy) is 1. The molecule has 28 heavy (non-hydrogen) atoms. The van der Waals surface area contributed by atoms with E-state index in [1.165, 1.54) is 11.8 Å². The molecule has 2 heterocycles. The van der Waals surface area contributed by atoms with Crippen LogP contribution < -0.4 is 5.56 Å². The molecule has 0 unspecified atom stereocenters. The summed E-state index contributed by atoms with van der Waals surface area (Å²) in [5.41, 5.74) is 3.74. The number of nitrogens with zero attached hydrogens (tertiary/aromatic N) is 2. The van der Waals surface area contributed by atoms with Gasteiger partial charge in [0.15, 0.2) is 5.16 Å². The lowest BCUT2D eigenvalue weighted by Crippen LogP contribution is -2.26. The van der Waals surface area contributed by atoms with E-state index in [1.807, 2.05) is 32.9 Å². The first kappa shape index (κ1) is 21.0. The molecule has 0 amide bonds. The molecule has 0 radical (unpaired) electrons. The monoisotopic (exact) mass is 418 g/mol. The van der Waals surface area contributed by atoms with Crippen LogP contribution in [0.3, 0.4) is 0 Å². The van der Waals surface area contributed by atoms with Gasteiger partial charge in [-0.05, 0) is 50.5 Å². The summed E-state index contributed by atoms with van der Waals surface area (Å²) in [6.45, 7) is 10.2. The zero-order valence-corrected chi connectivity index (χ0v) is 18.6. The lowest BCUT2D eigenvalue weighted by molar-refractivity contribution is -0.142. The van der Waals surface area contributed by atoms with Crippen LogP contribution in [0.15, 0.2) is 33.0 Å². The van der Waals surface area contributed by atoms with E-state index in [4.69, 9.17) is 9.72 Å². The van der Waals surface area contributed by atoms with Gasteiger partial charge in [-0.25, -0.2) is 4.98 Å². The summed E-state index contributed by atoms with van der Waals surface area (Å²) in [5.74, 6) is -0.264. The number of carbonyl (C=O) groups excluding carboxylic acids is 1. The maximum atomic E-state index is 13.4. The molecular formula is C21H26N2O3S2. The van der Waals surface area contributed by atoms with Crippen LogP contribution in [-0.4, -0.2) is 32.6 Å². The number of esters is 1. The van der Waals surface area contributed by atoms with Gasteiger partial charge in [-0.3, -0.25) is 14.2 Å². The molecule has 0 spiro atoms. The van der Waals surface area contributed by atoms with E-state index in [0.29, 0.717) is 23.4 Å². The Kier molecular flexibility index (Phi) is 6.55. The molecule has 7 heteroatoms. The second-order valence-electron chi connectivity index (χ2n) is 7.06. The molecular weight excluding hydrogens is 392 g/mol. The number of aryl methyl sites for hydroxylation is 2. The molecule has 150 valence electrons. The topological polar surface area (TPSA) is 61.2 Å². The number of benzene rings is 1. The lowest BCUT2D eigenvalue weighted by atomic mass is 10.1. The second-order valence-corrected chi connectivity index (χ2v) is 9.67. The van der Waals surface area contributed by atoms with Crippen molar-refractivity contribution in [2.45, 2.75) is 68.0 Å². The number of carbonyl (C=O) groups is 1. The largest absolute Gasteiger partial charge is 0.465 e. The van der Waals surface area contributed by atoms with E-state index in [1.54, 1.807) is 23.3 Å². The van der Waals surface area contributed by atoms with Crippen molar-refractivity contribution in [3.8, 4) is 5.69 Å². The highest BCUT2D eigenvalue weighted by Gasteiger charge is 2.29. The van der Waals surface area contributed by atoms with Crippen LogP contribution in [0, 0.1) is 13.8 Å². The van der Waals surface area contributed by atoms with Crippen molar-refractivity contribution < 1.29 is 9.53 Å². The number of hydrogen-bond donors (Lipinski definition) is 0. The summed E-state index contributed by atoms with van der Waals surface area (Å²) < 4.78 is 6.87. The van der Waals surface area contributed by atoms with Crippen molar-refractivity contribution in [1.29, 1.82) is 0 Å². The maximum Gasteiger partial charge on any atom is 0.319 e. The van der Waals surface area contributed by atoms with Crippen molar-refractivity contribution in [3.63, 3.8) is 0 Å². The quantitative estimate of drug-likeness (QED) is 0.396.